The van der Waals surface area contributed by atoms with Crippen molar-refractivity contribution in [2.24, 2.45) is 5.92 Å². The lowest BCUT2D eigenvalue weighted by atomic mass is 10.0. The van der Waals surface area contributed by atoms with Gasteiger partial charge in [0.05, 0.1) is 0 Å². The highest BCUT2D eigenvalue weighted by molar-refractivity contribution is 6.83. The molecule has 0 bridgehead atoms. The highest BCUT2D eigenvalue weighted by Crippen LogP contribution is 2.28. The van der Waals surface area contributed by atoms with E-state index in [0.29, 0.717) is 0 Å². The maximum Gasteiger partial charge on any atom is 0.417 e. The maximum absolute atomic E-state index is 12.5. The molecule has 2 atom stereocenters. The average molecular weight is 329 g/mol. The molecule has 122 valence electrons. The summed E-state index contributed by atoms with van der Waals surface area (Å²) in [6, 6.07) is 9.16. The summed E-state index contributed by atoms with van der Waals surface area (Å²) in [4.78, 5) is 25.7. The van der Waals surface area contributed by atoms with Crippen LogP contribution in [0.5, 0.6) is 0 Å². The van der Waals surface area contributed by atoms with E-state index in [-0.39, 0.29) is 30.9 Å². The standard InChI is InChI=1S/C18H23NO3Si/c1-14(10-11-23(2,3)4)12-17(20)19-16(13-22-18(19)21)15-8-6-5-7-9-15/h5-9,14,16H,12-13H2,1-4H3/t14-,16-/m1/s1. The van der Waals surface area contributed by atoms with Gasteiger partial charge in [-0.15, -0.1) is 11.5 Å². The van der Waals surface area contributed by atoms with Gasteiger partial charge in [-0.05, 0) is 5.56 Å². The molecule has 1 heterocycles. The SMILES string of the molecule is C[C@H](C#C[Si](C)(C)C)CC(=O)N1C(=O)OC[C@@H]1c1ccccc1. The van der Waals surface area contributed by atoms with Crippen LogP contribution in [-0.2, 0) is 9.53 Å². The summed E-state index contributed by atoms with van der Waals surface area (Å²) < 4.78 is 5.09. The fourth-order valence-electron chi connectivity index (χ4n) is 2.37. The molecule has 1 aliphatic rings. The second kappa shape index (κ2) is 7.01. The number of cyclic esters (lactones) is 1. The van der Waals surface area contributed by atoms with E-state index >= 15 is 0 Å². The van der Waals surface area contributed by atoms with Gasteiger partial charge in [-0.2, -0.15) is 0 Å². The molecular weight excluding hydrogens is 306 g/mol. The van der Waals surface area contributed by atoms with E-state index in [1.165, 1.54) is 4.90 Å². The maximum atomic E-state index is 12.5. The van der Waals surface area contributed by atoms with Crippen LogP contribution in [0.3, 0.4) is 0 Å². The predicted octanol–water partition coefficient (Wildman–Crippen LogP) is 3.61. The van der Waals surface area contributed by atoms with Gasteiger partial charge < -0.3 is 4.74 Å². The minimum atomic E-state index is -1.46. The monoisotopic (exact) mass is 329 g/mol. The third-order valence-electron chi connectivity index (χ3n) is 3.50. The molecule has 5 heteroatoms. The van der Waals surface area contributed by atoms with Crippen LogP contribution in [0.1, 0.15) is 24.9 Å². The number of benzene rings is 1. The first-order valence-corrected chi connectivity index (χ1v) is 11.3. The molecule has 0 aliphatic carbocycles. The van der Waals surface area contributed by atoms with Crippen LogP contribution in [-0.4, -0.2) is 31.6 Å². The molecule has 0 radical (unpaired) electrons. The first kappa shape index (κ1) is 17.3. The number of nitrogens with zero attached hydrogens (tertiary/aromatic N) is 1. The molecule has 0 saturated carbocycles. The van der Waals surface area contributed by atoms with E-state index in [9.17, 15) is 9.59 Å². The molecule has 2 rings (SSSR count). The molecule has 1 aliphatic heterocycles. The molecule has 1 aromatic rings. The summed E-state index contributed by atoms with van der Waals surface area (Å²) in [5.74, 6) is 2.86. The average Bonchev–Trinajstić information content (AvgIpc) is 2.87. The van der Waals surface area contributed by atoms with E-state index in [2.05, 4.69) is 31.1 Å². The largest absolute Gasteiger partial charge is 0.446 e. The lowest BCUT2D eigenvalue weighted by Crippen LogP contribution is -2.35. The summed E-state index contributed by atoms with van der Waals surface area (Å²) in [5, 5.41) is 0. The number of hydrogen-bond acceptors (Lipinski definition) is 3. The molecule has 0 N–H and O–H groups in total. The van der Waals surface area contributed by atoms with Crippen LogP contribution in [0.25, 0.3) is 0 Å². The Balaban J connectivity index is 2.10. The first-order chi connectivity index (χ1) is 10.8. The van der Waals surface area contributed by atoms with Crippen molar-refractivity contribution in [1.82, 2.24) is 4.90 Å². The molecule has 0 unspecified atom stereocenters. The predicted molar refractivity (Wildman–Crippen MR) is 92.3 cm³/mol. The molecular formula is C18H23NO3Si. The van der Waals surface area contributed by atoms with Crippen molar-refractivity contribution in [2.45, 2.75) is 39.0 Å². The Morgan fingerprint density at radius 2 is 2.00 bits per heavy atom. The Labute approximate surface area is 138 Å². The third kappa shape index (κ3) is 4.70. The zero-order valence-electron chi connectivity index (χ0n) is 14.1. The Morgan fingerprint density at radius 1 is 1.35 bits per heavy atom. The molecule has 1 saturated heterocycles. The Hall–Kier alpha value is -2.06. The minimum Gasteiger partial charge on any atom is -0.446 e. The summed E-state index contributed by atoms with van der Waals surface area (Å²) in [6.45, 7) is 8.63. The number of carbonyl (C=O) groups is 2. The van der Waals surface area contributed by atoms with Crippen molar-refractivity contribution in [1.29, 1.82) is 0 Å². The lowest BCUT2D eigenvalue weighted by Gasteiger charge is -2.20. The van der Waals surface area contributed by atoms with Gasteiger partial charge in [0.25, 0.3) is 0 Å². The molecule has 1 fully saturated rings. The highest BCUT2D eigenvalue weighted by Gasteiger charge is 2.38. The number of hydrogen-bond donors (Lipinski definition) is 0. The van der Waals surface area contributed by atoms with Crippen LogP contribution >= 0.6 is 0 Å². The van der Waals surface area contributed by atoms with E-state index in [1.54, 1.807) is 0 Å². The molecule has 2 amide bonds. The van der Waals surface area contributed by atoms with E-state index in [1.807, 2.05) is 37.3 Å². The molecule has 0 aromatic heterocycles. The summed E-state index contributed by atoms with van der Waals surface area (Å²) in [5.41, 5.74) is 4.18. The van der Waals surface area contributed by atoms with Crippen molar-refractivity contribution in [2.75, 3.05) is 6.61 Å². The molecule has 1 aromatic carbocycles. The van der Waals surface area contributed by atoms with Crippen LogP contribution < -0.4 is 0 Å². The fraction of sp³-hybridized carbons (Fsp3) is 0.444. The smallest absolute Gasteiger partial charge is 0.417 e. The van der Waals surface area contributed by atoms with Gasteiger partial charge in [-0.25, -0.2) is 9.69 Å². The van der Waals surface area contributed by atoms with Gasteiger partial charge in [0.2, 0.25) is 5.91 Å². The van der Waals surface area contributed by atoms with E-state index in [0.717, 1.165) is 5.56 Å². The van der Waals surface area contributed by atoms with Crippen molar-refractivity contribution in [3.05, 3.63) is 35.9 Å². The van der Waals surface area contributed by atoms with E-state index < -0.39 is 14.2 Å². The van der Waals surface area contributed by atoms with Crippen molar-refractivity contribution in [3.8, 4) is 11.5 Å². The highest BCUT2D eigenvalue weighted by atomic mass is 28.3. The minimum absolute atomic E-state index is 0.0703. The second-order valence-corrected chi connectivity index (χ2v) is 11.6. The van der Waals surface area contributed by atoms with Crippen molar-refractivity contribution in [3.63, 3.8) is 0 Å². The fourth-order valence-corrected chi connectivity index (χ4v) is 3.05. The zero-order valence-corrected chi connectivity index (χ0v) is 15.1. The van der Waals surface area contributed by atoms with Crippen molar-refractivity contribution < 1.29 is 14.3 Å². The summed E-state index contributed by atoms with van der Waals surface area (Å²) in [7, 11) is -1.46. The normalized spacial score (nSPS) is 18.9. The van der Waals surface area contributed by atoms with Crippen LogP contribution in [0.4, 0.5) is 4.79 Å². The van der Waals surface area contributed by atoms with Gasteiger partial charge in [-0.3, -0.25) is 4.79 Å². The first-order valence-electron chi connectivity index (χ1n) is 7.84. The third-order valence-corrected chi connectivity index (χ3v) is 4.39. The Kier molecular flexibility index (Phi) is 5.27. The van der Waals surface area contributed by atoms with Gasteiger partial charge in [0, 0.05) is 12.3 Å². The van der Waals surface area contributed by atoms with Gasteiger partial charge >= 0.3 is 6.09 Å². The summed E-state index contributed by atoms with van der Waals surface area (Å²) in [6.07, 6.45) is -0.329. The number of ether oxygens (including phenoxy) is 1. The summed E-state index contributed by atoms with van der Waals surface area (Å²) >= 11 is 0. The van der Waals surface area contributed by atoms with Gasteiger partial charge in [0.15, 0.2) is 0 Å². The van der Waals surface area contributed by atoms with Crippen LogP contribution in [0.15, 0.2) is 30.3 Å². The number of carbonyl (C=O) groups excluding carboxylic acids is 2. The van der Waals surface area contributed by atoms with Crippen LogP contribution in [0, 0.1) is 17.4 Å². The van der Waals surface area contributed by atoms with E-state index in [4.69, 9.17) is 4.74 Å². The quantitative estimate of drug-likeness (QED) is 0.628. The van der Waals surface area contributed by atoms with Gasteiger partial charge in [0.1, 0.15) is 20.7 Å². The number of rotatable bonds is 3. The van der Waals surface area contributed by atoms with Crippen molar-refractivity contribution >= 4 is 20.1 Å². The molecule has 0 spiro atoms. The number of amides is 2. The zero-order chi connectivity index (χ0) is 17.0. The lowest BCUT2D eigenvalue weighted by molar-refractivity contribution is -0.129. The topological polar surface area (TPSA) is 46.6 Å². The Morgan fingerprint density at radius 3 is 2.61 bits per heavy atom. The number of imide groups is 1. The molecule has 4 nitrogen and oxygen atoms in total. The second-order valence-electron chi connectivity index (χ2n) is 6.89. The van der Waals surface area contributed by atoms with Gasteiger partial charge in [-0.1, -0.05) is 56.9 Å². The van der Waals surface area contributed by atoms with Crippen LogP contribution in [0.2, 0.25) is 19.6 Å². The Bertz CT molecular complexity index is 640. The molecule has 23 heavy (non-hydrogen) atoms.